The van der Waals surface area contributed by atoms with Crippen LogP contribution in [0.2, 0.25) is 10.3 Å². The maximum absolute atomic E-state index is 10.7. The number of hydrogen-bond donors (Lipinski definition) is 3. The largest absolute Gasteiger partial charge is 0.465 e. The summed E-state index contributed by atoms with van der Waals surface area (Å²) in [6.45, 7) is 0. The lowest BCUT2D eigenvalue weighted by molar-refractivity contribution is 0.209. The fourth-order valence-electron chi connectivity index (χ4n) is 2.47. The molecule has 27 heavy (non-hydrogen) atoms. The number of nitrogens with one attached hydrogen (secondary N) is 2. The summed E-state index contributed by atoms with van der Waals surface area (Å²) in [5.74, 6) is 0.748. The van der Waals surface area contributed by atoms with E-state index in [-0.39, 0.29) is 5.28 Å². The zero-order valence-corrected chi connectivity index (χ0v) is 15.5. The molecule has 138 valence electrons. The van der Waals surface area contributed by atoms with Gasteiger partial charge in [-0.15, -0.1) is 0 Å². The van der Waals surface area contributed by atoms with Crippen molar-refractivity contribution in [2.45, 2.75) is 12.8 Å². The molecule has 1 amide bonds. The van der Waals surface area contributed by atoms with Crippen LogP contribution >= 0.6 is 23.2 Å². The molecule has 0 radical (unpaired) electrons. The van der Waals surface area contributed by atoms with E-state index in [2.05, 4.69) is 25.6 Å². The second kappa shape index (κ2) is 8.66. The number of carboxylic acid groups (broad SMARTS) is 1. The highest BCUT2D eigenvalue weighted by molar-refractivity contribution is 6.33. The Balaban J connectivity index is 1.67. The predicted molar refractivity (Wildman–Crippen MR) is 105 cm³/mol. The van der Waals surface area contributed by atoms with Crippen molar-refractivity contribution >= 4 is 46.6 Å². The van der Waals surface area contributed by atoms with E-state index in [1.54, 1.807) is 12.3 Å². The second-order valence-corrected chi connectivity index (χ2v) is 6.39. The molecule has 0 aliphatic heterocycles. The van der Waals surface area contributed by atoms with E-state index in [1.165, 1.54) is 6.20 Å². The van der Waals surface area contributed by atoms with Crippen LogP contribution in [0.1, 0.15) is 11.1 Å². The van der Waals surface area contributed by atoms with Gasteiger partial charge in [0.15, 0.2) is 5.82 Å². The van der Waals surface area contributed by atoms with Gasteiger partial charge in [-0.1, -0.05) is 23.7 Å². The minimum atomic E-state index is -1.14. The predicted octanol–water partition coefficient (Wildman–Crippen LogP) is 4.80. The zero-order valence-electron chi connectivity index (χ0n) is 14.0. The molecule has 0 unspecified atom stereocenters. The number of rotatable bonds is 6. The number of hydrogen-bond acceptors (Lipinski definition) is 5. The van der Waals surface area contributed by atoms with Crippen molar-refractivity contribution in [3.8, 4) is 0 Å². The van der Waals surface area contributed by atoms with Crippen LogP contribution in [0.25, 0.3) is 0 Å². The van der Waals surface area contributed by atoms with Crippen LogP contribution in [-0.4, -0.2) is 26.2 Å². The number of benzene rings is 1. The Hall–Kier alpha value is -2.90. The number of aromatic nitrogens is 3. The van der Waals surface area contributed by atoms with E-state index >= 15 is 0 Å². The molecule has 3 rings (SSSR count). The van der Waals surface area contributed by atoms with E-state index < -0.39 is 6.09 Å². The number of amides is 1. The molecule has 0 atom stereocenters. The summed E-state index contributed by atoms with van der Waals surface area (Å²) in [4.78, 5) is 22.6. The van der Waals surface area contributed by atoms with Gasteiger partial charge < -0.3 is 10.4 Å². The smallest absolute Gasteiger partial charge is 0.410 e. The van der Waals surface area contributed by atoms with Crippen molar-refractivity contribution in [1.29, 1.82) is 0 Å². The van der Waals surface area contributed by atoms with E-state index in [1.807, 2.05) is 30.3 Å². The normalized spacial score (nSPS) is 10.4. The van der Waals surface area contributed by atoms with Crippen molar-refractivity contribution in [3.05, 3.63) is 70.2 Å². The third-order valence-electron chi connectivity index (χ3n) is 3.67. The van der Waals surface area contributed by atoms with Crippen molar-refractivity contribution in [2.24, 2.45) is 0 Å². The molecule has 0 aliphatic rings. The highest BCUT2D eigenvalue weighted by Crippen LogP contribution is 2.24. The highest BCUT2D eigenvalue weighted by atomic mass is 35.5. The average molecular weight is 404 g/mol. The van der Waals surface area contributed by atoms with Gasteiger partial charge in [-0.3, -0.25) is 5.32 Å². The van der Waals surface area contributed by atoms with E-state index in [0.717, 1.165) is 29.7 Å². The molecule has 0 spiro atoms. The Bertz CT molecular complexity index is 968. The minimum absolute atomic E-state index is 0.113. The summed E-state index contributed by atoms with van der Waals surface area (Å²) in [5.41, 5.74) is 2.91. The molecule has 7 nitrogen and oxygen atoms in total. The third kappa shape index (κ3) is 5.54. The monoisotopic (exact) mass is 403 g/mol. The first-order chi connectivity index (χ1) is 13.0. The van der Waals surface area contributed by atoms with Crippen LogP contribution in [0, 0.1) is 0 Å². The maximum Gasteiger partial charge on any atom is 0.410 e. The van der Waals surface area contributed by atoms with Crippen LogP contribution in [0.5, 0.6) is 0 Å². The number of nitrogens with zero attached hydrogens (tertiary/aromatic N) is 3. The summed E-state index contributed by atoms with van der Waals surface area (Å²) in [6, 6.07) is 11.4. The van der Waals surface area contributed by atoms with Gasteiger partial charge >= 0.3 is 6.09 Å². The first-order valence-corrected chi connectivity index (χ1v) is 8.74. The fraction of sp³-hybridized carbons (Fsp3) is 0.111. The molecule has 1 aromatic carbocycles. The topological polar surface area (TPSA) is 100 Å². The van der Waals surface area contributed by atoms with Crippen molar-refractivity contribution in [2.75, 3.05) is 10.6 Å². The maximum atomic E-state index is 10.7. The lowest BCUT2D eigenvalue weighted by Crippen LogP contribution is -2.09. The van der Waals surface area contributed by atoms with Crippen LogP contribution in [0.15, 0.2) is 48.8 Å². The molecule has 0 bridgehead atoms. The average Bonchev–Trinajstić information content (AvgIpc) is 2.63. The van der Waals surface area contributed by atoms with Gasteiger partial charge in [0.1, 0.15) is 10.8 Å². The SMILES string of the molecule is O=C(O)Nc1cc(CCc2cccc(Nc3nc(Cl)ncc3Cl)c2)ccn1. The molecule has 0 saturated heterocycles. The van der Waals surface area contributed by atoms with Crippen LogP contribution in [0.4, 0.5) is 22.1 Å². The standard InChI is InChI=1S/C18H15Cl2N5O2/c19-14-10-22-17(20)25-16(14)23-13-3-1-2-11(8-13)4-5-12-6-7-21-15(9-12)24-18(26)27/h1-3,6-10H,4-5H2,(H,21,24)(H,26,27)(H,22,23,25). The van der Waals surface area contributed by atoms with E-state index in [9.17, 15) is 4.79 Å². The Labute approximate surface area is 165 Å². The molecular formula is C18H15Cl2N5O2. The molecular weight excluding hydrogens is 389 g/mol. The van der Waals surface area contributed by atoms with Crippen LogP contribution in [0.3, 0.4) is 0 Å². The van der Waals surface area contributed by atoms with Crippen LogP contribution in [-0.2, 0) is 12.8 Å². The molecule has 2 aromatic heterocycles. The van der Waals surface area contributed by atoms with E-state index in [0.29, 0.717) is 16.7 Å². The van der Waals surface area contributed by atoms with Gasteiger partial charge in [0.05, 0.1) is 6.20 Å². The van der Waals surface area contributed by atoms with Crippen molar-refractivity contribution in [1.82, 2.24) is 15.0 Å². The van der Waals surface area contributed by atoms with Gasteiger partial charge in [-0.2, -0.15) is 4.98 Å². The summed E-state index contributed by atoms with van der Waals surface area (Å²) in [6.07, 6.45) is 3.39. The number of anilines is 3. The zero-order chi connectivity index (χ0) is 19.2. The number of pyridine rings is 1. The molecule has 3 N–H and O–H groups in total. The second-order valence-electron chi connectivity index (χ2n) is 5.64. The third-order valence-corrected chi connectivity index (χ3v) is 4.12. The van der Waals surface area contributed by atoms with Gasteiger partial charge in [0, 0.05) is 11.9 Å². The quantitative estimate of drug-likeness (QED) is 0.511. The lowest BCUT2D eigenvalue weighted by Gasteiger charge is -2.09. The Morgan fingerprint density at radius 3 is 2.63 bits per heavy atom. The molecule has 3 aromatic rings. The summed E-state index contributed by atoms with van der Waals surface area (Å²) in [5, 5.41) is 14.6. The molecule has 0 fully saturated rings. The molecule has 2 heterocycles. The Morgan fingerprint density at radius 1 is 1.07 bits per heavy atom. The van der Waals surface area contributed by atoms with Gasteiger partial charge in [-0.25, -0.2) is 14.8 Å². The minimum Gasteiger partial charge on any atom is -0.465 e. The van der Waals surface area contributed by atoms with E-state index in [4.69, 9.17) is 28.3 Å². The van der Waals surface area contributed by atoms with Crippen LogP contribution < -0.4 is 10.6 Å². The molecule has 0 aliphatic carbocycles. The molecule has 0 saturated carbocycles. The summed E-state index contributed by atoms with van der Waals surface area (Å²) in [7, 11) is 0. The Kier molecular flexibility index (Phi) is 6.05. The molecule has 9 heteroatoms. The summed E-state index contributed by atoms with van der Waals surface area (Å²) < 4.78 is 0. The number of halogens is 2. The summed E-state index contributed by atoms with van der Waals surface area (Å²) >= 11 is 11.9. The fourth-order valence-corrected chi connectivity index (χ4v) is 2.74. The first kappa shape index (κ1) is 18.9. The first-order valence-electron chi connectivity index (χ1n) is 7.98. The lowest BCUT2D eigenvalue weighted by atomic mass is 10.0. The van der Waals surface area contributed by atoms with Crippen molar-refractivity contribution < 1.29 is 9.90 Å². The number of carbonyl (C=O) groups is 1. The Morgan fingerprint density at radius 2 is 1.85 bits per heavy atom. The van der Waals surface area contributed by atoms with Gasteiger partial charge in [0.25, 0.3) is 0 Å². The van der Waals surface area contributed by atoms with Gasteiger partial charge in [-0.05, 0) is 59.8 Å². The van der Waals surface area contributed by atoms with Gasteiger partial charge in [0.2, 0.25) is 5.28 Å². The highest BCUT2D eigenvalue weighted by Gasteiger charge is 2.06. The van der Waals surface area contributed by atoms with Crippen molar-refractivity contribution in [3.63, 3.8) is 0 Å². The number of aryl methyl sites for hydroxylation is 2.